The fraction of sp³-hybridized carbons (Fsp3) is 0.529. The van der Waals surface area contributed by atoms with Gasteiger partial charge in [0, 0.05) is 31.4 Å². The van der Waals surface area contributed by atoms with Crippen LogP contribution in [-0.4, -0.2) is 30.6 Å². The van der Waals surface area contributed by atoms with Gasteiger partial charge < -0.3 is 5.32 Å². The highest BCUT2D eigenvalue weighted by molar-refractivity contribution is 5.46. The minimum Gasteiger partial charge on any atom is -0.382 e. The van der Waals surface area contributed by atoms with Crippen molar-refractivity contribution in [3.8, 4) is 0 Å². The molecule has 0 spiro atoms. The molecule has 3 heteroatoms. The predicted octanol–water partition coefficient (Wildman–Crippen LogP) is 3.98. The Hall–Kier alpha value is -1.35. The lowest BCUT2D eigenvalue weighted by molar-refractivity contribution is 0.240. The molecule has 0 aliphatic carbocycles. The van der Waals surface area contributed by atoms with E-state index < -0.39 is 0 Å². The summed E-state index contributed by atoms with van der Waals surface area (Å²) >= 11 is 0. The summed E-state index contributed by atoms with van der Waals surface area (Å²) in [4.78, 5) is 2.47. The first-order valence-electron chi connectivity index (χ1n) is 7.43. The number of nitrogens with zero attached hydrogens (tertiary/aromatic N) is 1. The average molecular weight is 276 g/mol. The molecule has 1 heterocycles. The largest absolute Gasteiger partial charge is 0.382 e. The second-order valence-corrected chi connectivity index (χ2v) is 5.96. The van der Waals surface area contributed by atoms with Gasteiger partial charge in [0.1, 0.15) is 5.82 Å². The van der Waals surface area contributed by atoms with Crippen LogP contribution in [0.25, 0.3) is 0 Å². The van der Waals surface area contributed by atoms with E-state index in [0.717, 1.165) is 38.2 Å². The zero-order valence-corrected chi connectivity index (χ0v) is 12.7. The minimum atomic E-state index is -0.129. The van der Waals surface area contributed by atoms with Crippen LogP contribution >= 0.6 is 0 Å². The van der Waals surface area contributed by atoms with Gasteiger partial charge in [0.05, 0.1) is 0 Å². The van der Waals surface area contributed by atoms with E-state index in [2.05, 4.69) is 30.1 Å². The lowest BCUT2D eigenvalue weighted by Crippen LogP contribution is -2.39. The van der Waals surface area contributed by atoms with Crippen LogP contribution in [0.5, 0.6) is 0 Å². The van der Waals surface area contributed by atoms with Crippen LogP contribution in [0.4, 0.5) is 10.1 Å². The maximum atomic E-state index is 13.5. The molecule has 110 valence electrons. The molecule has 0 radical (unpaired) electrons. The molecular formula is C17H25FN2. The quantitative estimate of drug-likeness (QED) is 0.837. The van der Waals surface area contributed by atoms with E-state index in [-0.39, 0.29) is 5.82 Å². The molecule has 2 nitrogen and oxygen atoms in total. The summed E-state index contributed by atoms with van der Waals surface area (Å²) in [5, 5.41) is 3.45. The van der Waals surface area contributed by atoms with Crippen molar-refractivity contribution >= 4 is 5.69 Å². The summed E-state index contributed by atoms with van der Waals surface area (Å²) in [5.41, 5.74) is 2.98. The van der Waals surface area contributed by atoms with Crippen LogP contribution in [0.1, 0.15) is 32.3 Å². The molecule has 1 fully saturated rings. The molecular weight excluding hydrogens is 251 g/mol. The smallest absolute Gasteiger partial charge is 0.128 e. The second kappa shape index (κ2) is 6.89. The SMILES string of the molecule is CC(C)=CCN1CCC(Nc2ccc(C)c(F)c2)CC1. The molecule has 1 aromatic carbocycles. The normalized spacial score (nSPS) is 17.0. The molecule has 0 atom stereocenters. The highest BCUT2D eigenvalue weighted by atomic mass is 19.1. The van der Waals surface area contributed by atoms with Gasteiger partial charge in [-0.1, -0.05) is 17.7 Å². The van der Waals surface area contributed by atoms with Crippen LogP contribution in [0.15, 0.2) is 29.8 Å². The zero-order valence-electron chi connectivity index (χ0n) is 12.7. The summed E-state index contributed by atoms with van der Waals surface area (Å²) in [6, 6.07) is 5.86. The number of nitrogens with one attached hydrogen (secondary N) is 1. The Bertz CT molecular complexity index is 470. The topological polar surface area (TPSA) is 15.3 Å². The Morgan fingerprint density at radius 1 is 1.35 bits per heavy atom. The minimum absolute atomic E-state index is 0.129. The van der Waals surface area contributed by atoms with Crippen molar-refractivity contribution in [1.82, 2.24) is 4.90 Å². The Morgan fingerprint density at radius 3 is 2.65 bits per heavy atom. The van der Waals surface area contributed by atoms with Crippen LogP contribution in [0.3, 0.4) is 0 Å². The van der Waals surface area contributed by atoms with Crippen molar-refractivity contribution < 1.29 is 4.39 Å². The molecule has 1 aliphatic heterocycles. The molecule has 0 unspecified atom stereocenters. The number of benzene rings is 1. The van der Waals surface area contributed by atoms with Crippen molar-refractivity contribution in [3.63, 3.8) is 0 Å². The Balaban J connectivity index is 1.82. The van der Waals surface area contributed by atoms with Crippen LogP contribution in [-0.2, 0) is 0 Å². The standard InChI is InChI=1S/C17H25FN2/c1-13(2)6-9-20-10-7-15(8-11-20)19-16-5-4-14(3)17(18)12-16/h4-6,12,15,19H,7-11H2,1-3H3. The summed E-state index contributed by atoms with van der Waals surface area (Å²) in [6.45, 7) is 9.33. The first kappa shape index (κ1) is 15.0. The summed E-state index contributed by atoms with van der Waals surface area (Å²) in [6.07, 6.45) is 4.52. The third kappa shape index (κ3) is 4.34. The van der Waals surface area contributed by atoms with Crippen LogP contribution in [0, 0.1) is 12.7 Å². The number of halogens is 1. The van der Waals surface area contributed by atoms with E-state index >= 15 is 0 Å². The van der Waals surface area contributed by atoms with Crippen molar-refractivity contribution in [2.75, 3.05) is 25.0 Å². The van der Waals surface area contributed by atoms with E-state index in [4.69, 9.17) is 0 Å². The van der Waals surface area contributed by atoms with Gasteiger partial charge in [-0.25, -0.2) is 4.39 Å². The average Bonchev–Trinajstić information content (AvgIpc) is 2.42. The second-order valence-electron chi connectivity index (χ2n) is 5.96. The molecule has 0 bridgehead atoms. The molecule has 1 aliphatic rings. The van der Waals surface area contributed by atoms with E-state index in [0.29, 0.717) is 11.6 Å². The number of hydrogen-bond donors (Lipinski definition) is 1. The first-order chi connectivity index (χ1) is 9.54. The molecule has 0 amide bonds. The van der Waals surface area contributed by atoms with Crippen LogP contribution in [0.2, 0.25) is 0 Å². The zero-order chi connectivity index (χ0) is 14.5. The number of piperidine rings is 1. The van der Waals surface area contributed by atoms with Gasteiger partial charge in [-0.05, 0) is 51.3 Å². The van der Waals surface area contributed by atoms with E-state index in [1.165, 1.54) is 5.57 Å². The first-order valence-corrected chi connectivity index (χ1v) is 7.43. The molecule has 0 aromatic heterocycles. The van der Waals surface area contributed by atoms with Crippen molar-refractivity contribution in [2.45, 2.75) is 39.7 Å². The Labute approximate surface area is 121 Å². The third-order valence-corrected chi connectivity index (χ3v) is 3.89. The maximum Gasteiger partial charge on any atom is 0.128 e. The number of hydrogen-bond acceptors (Lipinski definition) is 2. The van der Waals surface area contributed by atoms with Crippen molar-refractivity contribution in [1.29, 1.82) is 0 Å². The highest BCUT2D eigenvalue weighted by Gasteiger charge is 2.18. The Morgan fingerprint density at radius 2 is 2.05 bits per heavy atom. The monoisotopic (exact) mass is 276 g/mol. The molecule has 0 saturated carbocycles. The molecule has 20 heavy (non-hydrogen) atoms. The van der Waals surface area contributed by atoms with E-state index in [1.807, 2.05) is 12.1 Å². The molecule has 1 N–H and O–H groups in total. The van der Waals surface area contributed by atoms with Crippen molar-refractivity contribution in [3.05, 3.63) is 41.2 Å². The van der Waals surface area contributed by atoms with Crippen LogP contribution < -0.4 is 5.32 Å². The summed E-state index contributed by atoms with van der Waals surface area (Å²) in [7, 11) is 0. The fourth-order valence-corrected chi connectivity index (χ4v) is 2.49. The van der Waals surface area contributed by atoms with Crippen molar-refractivity contribution in [2.24, 2.45) is 0 Å². The van der Waals surface area contributed by atoms with E-state index in [9.17, 15) is 4.39 Å². The van der Waals surface area contributed by atoms with E-state index in [1.54, 1.807) is 13.0 Å². The number of anilines is 1. The van der Waals surface area contributed by atoms with Gasteiger partial charge in [-0.2, -0.15) is 0 Å². The van der Waals surface area contributed by atoms with Gasteiger partial charge in [-0.3, -0.25) is 4.90 Å². The van der Waals surface area contributed by atoms with Gasteiger partial charge in [-0.15, -0.1) is 0 Å². The fourth-order valence-electron chi connectivity index (χ4n) is 2.49. The van der Waals surface area contributed by atoms with Gasteiger partial charge in [0.25, 0.3) is 0 Å². The summed E-state index contributed by atoms with van der Waals surface area (Å²) < 4.78 is 13.5. The molecule has 1 aromatic rings. The number of rotatable bonds is 4. The summed E-state index contributed by atoms with van der Waals surface area (Å²) in [5.74, 6) is -0.129. The van der Waals surface area contributed by atoms with Gasteiger partial charge in [0.15, 0.2) is 0 Å². The lowest BCUT2D eigenvalue weighted by atomic mass is 10.0. The lowest BCUT2D eigenvalue weighted by Gasteiger charge is -2.32. The van der Waals surface area contributed by atoms with Gasteiger partial charge >= 0.3 is 0 Å². The highest BCUT2D eigenvalue weighted by Crippen LogP contribution is 2.19. The number of allylic oxidation sites excluding steroid dienone is 1. The van der Waals surface area contributed by atoms with Gasteiger partial charge in [0.2, 0.25) is 0 Å². The third-order valence-electron chi connectivity index (χ3n) is 3.89. The molecule has 1 saturated heterocycles. The number of likely N-dealkylation sites (tertiary alicyclic amines) is 1. The Kier molecular flexibility index (Phi) is 5.18. The maximum absolute atomic E-state index is 13.5. The predicted molar refractivity (Wildman–Crippen MR) is 83.7 cm³/mol. The number of aryl methyl sites for hydroxylation is 1. The molecule has 2 rings (SSSR count).